The lowest BCUT2D eigenvalue weighted by molar-refractivity contribution is 0.152. The van der Waals surface area contributed by atoms with Gasteiger partial charge in [-0.3, -0.25) is 9.88 Å². The van der Waals surface area contributed by atoms with Gasteiger partial charge >= 0.3 is 0 Å². The van der Waals surface area contributed by atoms with E-state index in [4.69, 9.17) is 0 Å². The lowest BCUT2D eigenvalue weighted by atomic mass is 9.90. The number of hydrogen-bond acceptors (Lipinski definition) is 3. The molecule has 3 aromatic rings. The summed E-state index contributed by atoms with van der Waals surface area (Å²) in [5, 5.41) is 12.3. The molecule has 4 nitrogen and oxygen atoms in total. The minimum absolute atomic E-state index is 0.404. The van der Waals surface area contributed by atoms with Crippen LogP contribution in [0.15, 0.2) is 42.7 Å². The molecule has 0 saturated carbocycles. The predicted molar refractivity (Wildman–Crippen MR) is 103 cm³/mol. The Labute approximate surface area is 154 Å². The number of rotatable bonds is 3. The quantitative estimate of drug-likeness (QED) is 0.780. The van der Waals surface area contributed by atoms with Gasteiger partial charge in [0.1, 0.15) is 0 Å². The summed E-state index contributed by atoms with van der Waals surface area (Å²) < 4.78 is 2.38. The van der Waals surface area contributed by atoms with Crippen LogP contribution in [0, 0.1) is 6.92 Å². The second-order valence-corrected chi connectivity index (χ2v) is 7.88. The number of benzene rings is 1. The molecular formula is C22H25N3O. The molecule has 0 radical (unpaired) electrons. The topological polar surface area (TPSA) is 41.3 Å². The number of fused-ring (bicyclic) bond motifs is 6. The van der Waals surface area contributed by atoms with Crippen molar-refractivity contribution in [3.63, 3.8) is 0 Å². The van der Waals surface area contributed by atoms with Crippen molar-refractivity contribution in [3.05, 3.63) is 65.1 Å². The van der Waals surface area contributed by atoms with Crippen LogP contribution in [-0.4, -0.2) is 32.6 Å². The minimum atomic E-state index is -0.527. The van der Waals surface area contributed by atoms with Crippen LogP contribution in [0.5, 0.6) is 0 Å². The van der Waals surface area contributed by atoms with E-state index in [-0.39, 0.29) is 0 Å². The molecule has 4 atom stereocenters. The SMILES string of the molecule is Cc1ccc2c(c1)c1c(n2CC(O)c2ccncc2)C(C)N2CCC1C2. The van der Waals surface area contributed by atoms with E-state index in [1.807, 2.05) is 12.1 Å². The highest BCUT2D eigenvalue weighted by molar-refractivity contribution is 5.87. The Balaban J connectivity index is 1.68. The lowest BCUT2D eigenvalue weighted by Crippen LogP contribution is -2.30. The first-order valence-corrected chi connectivity index (χ1v) is 9.58. The van der Waals surface area contributed by atoms with Gasteiger partial charge < -0.3 is 9.67 Å². The predicted octanol–water partition coefficient (Wildman–Crippen LogP) is 3.94. The van der Waals surface area contributed by atoms with E-state index in [9.17, 15) is 5.11 Å². The highest BCUT2D eigenvalue weighted by Crippen LogP contribution is 2.47. The first-order chi connectivity index (χ1) is 12.6. The van der Waals surface area contributed by atoms with Gasteiger partial charge in [0, 0.05) is 47.5 Å². The van der Waals surface area contributed by atoms with Crippen molar-refractivity contribution in [1.29, 1.82) is 0 Å². The summed E-state index contributed by atoms with van der Waals surface area (Å²) >= 11 is 0. The first-order valence-electron chi connectivity index (χ1n) is 9.58. The van der Waals surface area contributed by atoms with Gasteiger partial charge in [0.05, 0.1) is 12.6 Å². The maximum Gasteiger partial charge on any atom is 0.0970 e. The molecule has 134 valence electrons. The molecule has 0 aliphatic carbocycles. The number of aliphatic hydroxyl groups is 1. The monoisotopic (exact) mass is 347 g/mol. The number of nitrogens with zero attached hydrogens (tertiary/aromatic N) is 3. The minimum Gasteiger partial charge on any atom is -0.387 e. The summed E-state index contributed by atoms with van der Waals surface area (Å²) in [5.74, 6) is 0.629. The Morgan fingerprint density at radius 2 is 2.04 bits per heavy atom. The molecule has 4 heterocycles. The van der Waals surface area contributed by atoms with E-state index in [0.717, 1.165) is 5.56 Å². The van der Waals surface area contributed by atoms with Crippen LogP contribution in [-0.2, 0) is 6.54 Å². The van der Waals surface area contributed by atoms with Crippen LogP contribution in [0.1, 0.15) is 53.8 Å². The molecule has 2 aromatic heterocycles. The van der Waals surface area contributed by atoms with Crippen molar-refractivity contribution in [2.24, 2.45) is 0 Å². The van der Waals surface area contributed by atoms with E-state index in [1.54, 1.807) is 12.4 Å². The fraction of sp³-hybridized carbons (Fsp3) is 0.409. The third-order valence-electron chi connectivity index (χ3n) is 6.32. The Kier molecular flexibility index (Phi) is 3.66. The zero-order valence-electron chi connectivity index (χ0n) is 15.4. The van der Waals surface area contributed by atoms with Gasteiger partial charge in [-0.1, -0.05) is 11.6 Å². The van der Waals surface area contributed by atoms with E-state index < -0.39 is 6.10 Å². The number of aromatic nitrogens is 2. The average Bonchev–Trinajstić information content (AvgIpc) is 3.21. The zero-order valence-corrected chi connectivity index (χ0v) is 15.4. The van der Waals surface area contributed by atoms with Crippen LogP contribution in [0.25, 0.3) is 10.9 Å². The molecule has 4 heteroatoms. The molecule has 1 N–H and O–H groups in total. The number of aryl methyl sites for hydroxylation is 1. The second-order valence-electron chi connectivity index (χ2n) is 7.88. The van der Waals surface area contributed by atoms with Crippen LogP contribution < -0.4 is 0 Å². The summed E-state index contributed by atoms with van der Waals surface area (Å²) in [6.45, 7) is 7.43. The fourth-order valence-electron chi connectivity index (χ4n) is 5.00. The Hall–Kier alpha value is -2.17. The Morgan fingerprint density at radius 1 is 1.23 bits per heavy atom. The maximum absolute atomic E-state index is 10.9. The summed E-state index contributed by atoms with van der Waals surface area (Å²) in [4.78, 5) is 6.66. The standard InChI is InChI=1S/C22H25N3O/c1-14-3-4-19-18(11-14)21-17-7-10-24(12-17)15(2)22(21)25(19)13-20(26)16-5-8-23-9-6-16/h3-6,8-9,11,15,17,20,26H,7,10,12-13H2,1-2H3. The summed E-state index contributed by atoms with van der Waals surface area (Å²) in [7, 11) is 0. The molecule has 4 unspecified atom stereocenters. The molecule has 1 fully saturated rings. The third-order valence-corrected chi connectivity index (χ3v) is 6.32. The fourth-order valence-corrected chi connectivity index (χ4v) is 5.00. The number of aliphatic hydroxyl groups excluding tert-OH is 1. The van der Waals surface area contributed by atoms with Gasteiger partial charge in [-0.15, -0.1) is 0 Å². The number of pyridine rings is 1. The van der Waals surface area contributed by atoms with Crippen molar-refractivity contribution in [1.82, 2.24) is 14.5 Å². The van der Waals surface area contributed by atoms with Gasteiger partial charge in [0.15, 0.2) is 0 Å². The second kappa shape index (κ2) is 5.93. The van der Waals surface area contributed by atoms with Crippen molar-refractivity contribution in [3.8, 4) is 0 Å². The summed E-state index contributed by atoms with van der Waals surface area (Å²) in [5.41, 5.74) is 6.43. The first kappa shape index (κ1) is 16.0. The third kappa shape index (κ3) is 2.32. The Bertz CT molecular complexity index is 962. The zero-order chi connectivity index (χ0) is 17.8. The smallest absolute Gasteiger partial charge is 0.0970 e. The summed E-state index contributed by atoms with van der Waals surface area (Å²) in [6.07, 6.45) is 4.22. The molecule has 2 aliphatic rings. The van der Waals surface area contributed by atoms with E-state index in [0.29, 0.717) is 18.5 Å². The van der Waals surface area contributed by atoms with E-state index in [2.05, 4.69) is 46.5 Å². The largest absolute Gasteiger partial charge is 0.387 e. The van der Waals surface area contributed by atoms with Crippen LogP contribution >= 0.6 is 0 Å². The maximum atomic E-state index is 10.9. The lowest BCUT2D eigenvalue weighted by Gasteiger charge is -2.32. The average molecular weight is 347 g/mol. The molecule has 0 spiro atoms. The van der Waals surface area contributed by atoms with Gasteiger partial charge in [0.2, 0.25) is 0 Å². The van der Waals surface area contributed by atoms with Gasteiger partial charge in [-0.05, 0) is 62.2 Å². The molecule has 2 bridgehead atoms. The van der Waals surface area contributed by atoms with E-state index in [1.165, 1.54) is 47.2 Å². The molecule has 1 aromatic carbocycles. The van der Waals surface area contributed by atoms with Crippen LogP contribution in [0.4, 0.5) is 0 Å². The van der Waals surface area contributed by atoms with Gasteiger partial charge in [0.25, 0.3) is 0 Å². The molecule has 26 heavy (non-hydrogen) atoms. The Morgan fingerprint density at radius 3 is 2.85 bits per heavy atom. The van der Waals surface area contributed by atoms with Crippen LogP contribution in [0.2, 0.25) is 0 Å². The van der Waals surface area contributed by atoms with Gasteiger partial charge in [-0.2, -0.15) is 0 Å². The number of hydrogen-bond donors (Lipinski definition) is 1. The molecule has 2 aliphatic heterocycles. The highest BCUT2D eigenvalue weighted by atomic mass is 16.3. The van der Waals surface area contributed by atoms with Crippen LogP contribution in [0.3, 0.4) is 0 Å². The van der Waals surface area contributed by atoms with Crippen molar-refractivity contribution >= 4 is 10.9 Å². The summed E-state index contributed by atoms with van der Waals surface area (Å²) in [6, 6.07) is 11.0. The van der Waals surface area contributed by atoms with E-state index >= 15 is 0 Å². The normalized spacial score (nSPS) is 25.4. The highest BCUT2D eigenvalue weighted by Gasteiger charge is 2.39. The van der Waals surface area contributed by atoms with Crippen molar-refractivity contribution in [2.75, 3.05) is 13.1 Å². The molecule has 5 rings (SSSR count). The van der Waals surface area contributed by atoms with Crippen molar-refractivity contribution < 1.29 is 5.11 Å². The molecular weight excluding hydrogens is 322 g/mol. The molecule has 1 saturated heterocycles. The molecule has 0 amide bonds. The van der Waals surface area contributed by atoms with Gasteiger partial charge in [-0.25, -0.2) is 0 Å². The van der Waals surface area contributed by atoms with Crippen molar-refractivity contribution in [2.45, 2.75) is 44.9 Å².